The molecule has 2 fully saturated rings. The molecule has 2 aliphatic carbocycles. The molecule has 2 rings (SSSR count). The molecule has 2 aliphatic rings. The van der Waals surface area contributed by atoms with E-state index in [2.05, 4.69) is 0 Å². The maximum absolute atomic E-state index is 12.8. The second kappa shape index (κ2) is 1.85. The van der Waals surface area contributed by atoms with Crippen LogP contribution in [0, 0.1) is 11.8 Å². The number of hydrogen-bond donors (Lipinski definition) is 0. The maximum atomic E-state index is 12.8. The van der Waals surface area contributed by atoms with Crippen LogP contribution in [0.15, 0.2) is 0 Å². The van der Waals surface area contributed by atoms with Crippen molar-refractivity contribution in [1.29, 1.82) is 0 Å². The summed E-state index contributed by atoms with van der Waals surface area (Å²) in [6.45, 7) is 0. The Hall–Kier alpha value is 0.220. The van der Waals surface area contributed by atoms with Crippen molar-refractivity contribution in [1.82, 2.24) is 0 Å². The van der Waals surface area contributed by atoms with Crippen molar-refractivity contribution in [2.45, 2.75) is 30.8 Å². The highest BCUT2D eigenvalue weighted by Crippen LogP contribution is 2.48. The molecule has 9 heavy (non-hydrogen) atoms. The predicted octanol–water partition coefficient (Wildman–Crippen LogP) is 2.36. The smallest absolute Gasteiger partial charge is 0.105 e. The SMILES string of the molecule is F[C@H]1C[C@@H]2CC[C@H]1[C@@H]2Cl. The summed E-state index contributed by atoms with van der Waals surface area (Å²) in [6.07, 6.45) is 2.35. The number of alkyl halides is 2. The molecule has 4 atom stereocenters. The zero-order chi connectivity index (χ0) is 6.43. The van der Waals surface area contributed by atoms with Gasteiger partial charge in [-0.05, 0) is 25.2 Å². The van der Waals surface area contributed by atoms with Gasteiger partial charge in [0.15, 0.2) is 0 Å². The molecule has 0 aromatic carbocycles. The van der Waals surface area contributed by atoms with E-state index in [0.717, 1.165) is 12.8 Å². The molecule has 0 radical (unpaired) electrons. The fourth-order valence-corrected chi connectivity index (χ4v) is 2.68. The molecule has 0 saturated heterocycles. The Morgan fingerprint density at radius 2 is 2.11 bits per heavy atom. The number of fused-ring (bicyclic) bond motifs is 2. The molecular formula is C7H10ClF. The first kappa shape index (κ1) is 5.96. The second-order valence-corrected chi connectivity index (χ2v) is 3.70. The second-order valence-electron chi connectivity index (χ2n) is 3.20. The van der Waals surface area contributed by atoms with Gasteiger partial charge in [-0.1, -0.05) is 0 Å². The summed E-state index contributed by atoms with van der Waals surface area (Å²) in [7, 11) is 0. The third-order valence-electron chi connectivity index (χ3n) is 2.72. The zero-order valence-electron chi connectivity index (χ0n) is 5.19. The highest BCUT2D eigenvalue weighted by Gasteiger charge is 2.47. The largest absolute Gasteiger partial charge is 0.247 e. The van der Waals surface area contributed by atoms with Gasteiger partial charge < -0.3 is 0 Å². The van der Waals surface area contributed by atoms with Gasteiger partial charge in [-0.25, -0.2) is 4.39 Å². The molecule has 0 amide bonds. The van der Waals surface area contributed by atoms with Crippen LogP contribution in [0.4, 0.5) is 4.39 Å². The molecule has 0 spiro atoms. The van der Waals surface area contributed by atoms with Crippen LogP contribution < -0.4 is 0 Å². The van der Waals surface area contributed by atoms with Crippen LogP contribution in [0.2, 0.25) is 0 Å². The van der Waals surface area contributed by atoms with Crippen LogP contribution in [0.3, 0.4) is 0 Å². The Kier molecular flexibility index (Phi) is 1.23. The summed E-state index contributed by atoms with van der Waals surface area (Å²) in [4.78, 5) is 0. The summed E-state index contributed by atoms with van der Waals surface area (Å²) in [6, 6.07) is 0. The topological polar surface area (TPSA) is 0 Å². The van der Waals surface area contributed by atoms with E-state index in [4.69, 9.17) is 11.6 Å². The van der Waals surface area contributed by atoms with Crippen LogP contribution in [-0.4, -0.2) is 11.5 Å². The number of hydrogen-bond acceptors (Lipinski definition) is 0. The van der Waals surface area contributed by atoms with E-state index in [1.54, 1.807) is 0 Å². The summed E-state index contributed by atoms with van der Waals surface area (Å²) in [5.74, 6) is 0.711. The van der Waals surface area contributed by atoms with E-state index >= 15 is 0 Å². The van der Waals surface area contributed by atoms with Gasteiger partial charge in [0.25, 0.3) is 0 Å². The third-order valence-corrected chi connectivity index (χ3v) is 3.40. The molecular weight excluding hydrogens is 139 g/mol. The van der Waals surface area contributed by atoms with Crippen LogP contribution in [-0.2, 0) is 0 Å². The van der Waals surface area contributed by atoms with Crippen molar-refractivity contribution in [2.24, 2.45) is 11.8 Å². The predicted molar refractivity (Wildman–Crippen MR) is 35.4 cm³/mol. The lowest BCUT2D eigenvalue weighted by molar-refractivity contribution is 0.231. The van der Waals surface area contributed by atoms with E-state index in [9.17, 15) is 4.39 Å². The Bertz CT molecular complexity index is 126. The maximum Gasteiger partial charge on any atom is 0.105 e. The lowest BCUT2D eigenvalue weighted by atomic mass is 9.99. The Labute approximate surface area is 59.4 Å². The first-order chi connectivity index (χ1) is 4.29. The summed E-state index contributed by atoms with van der Waals surface area (Å²) in [5, 5.41) is 0.167. The van der Waals surface area contributed by atoms with Crippen LogP contribution in [0.25, 0.3) is 0 Å². The number of halogens is 2. The lowest BCUT2D eigenvalue weighted by Gasteiger charge is -2.11. The van der Waals surface area contributed by atoms with Crippen LogP contribution in [0.1, 0.15) is 19.3 Å². The Balaban J connectivity index is 2.16. The molecule has 0 nitrogen and oxygen atoms in total. The van der Waals surface area contributed by atoms with E-state index in [0.29, 0.717) is 5.92 Å². The van der Waals surface area contributed by atoms with E-state index < -0.39 is 6.17 Å². The molecule has 0 aromatic rings. The third kappa shape index (κ3) is 0.706. The van der Waals surface area contributed by atoms with E-state index in [-0.39, 0.29) is 11.3 Å². The fraction of sp³-hybridized carbons (Fsp3) is 1.00. The quantitative estimate of drug-likeness (QED) is 0.463. The minimum Gasteiger partial charge on any atom is -0.247 e. The Morgan fingerprint density at radius 3 is 2.33 bits per heavy atom. The minimum absolute atomic E-state index is 0.167. The summed E-state index contributed by atoms with van der Waals surface area (Å²) in [5.41, 5.74) is 0. The van der Waals surface area contributed by atoms with Crippen molar-refractivity contribution < 1.29 is 4.39 Å². The van der Waals surface area contributed by atoms with Crippen molar-refractivity contribution in [2.75, 3.05) is 0 Å². The molecule has 0 heterocycles. The van der Waals surface area contributed by atoms with Gasteiger partial charge in [0.05, 0.1) is 0 Å². The van der Waals surface area contributed by atoms with Gasteiger partial charge >= 0.3 is 0 Å². The van der Waals surface area contributed by atoms with Crippen molar-refractivity contribution in [3.63, 3.8) is 0 Å². The average Bonchev–Trinajstić information content (AvgIpc) is 2.25. The summed E-state index contributed by atoms with van der Waals surface area (Å²) >= 11 is 5.93. The highest BCUT2D eigenvalue weighted by molar-refractivity contribution is 6.21. The molecule has 0 N–H and O–H groups in total. The van der Waals surface area contributed by atoms with Gasteiger partial charge in [0.1, 0.15) is 6.17 Å². The first-order valence-electron chi connectivity index (χ1n) is 3.57. The standard InChI is InChI=1S/C7H10ClF/c8-7-4-1-2-5(7)6(9)3-4/h4-7H,1-3H2/t4-,5+,6-,7+/m0/s1. The van der Waals surface area contributed by atoms with Crippen molar-refractivity contribution >= 4 is 11.6 Å². The molecule has 0 unspecified atom stereocenters. The average molecular weight is 149 g/mol. The van der Waals surface area contributed by atoms with Gasteiger partial charge in [0, 0.05) is 11.3 Å². The van der Waals surface area contributed by atoms with E-state index in [1.807, 2.05) is 0 Å². The van der Waals surface area contributed by atoms with Gasteiger partial charge in [-0.2, -0.15) is 0 Å². The first-order valence-corrected chi connectivity index (χ1v) is 4.01. The van der Waals surface area contributed by atoms with Gasteiger partial charge in [-0.15, -0.1) is 11.6 Å². The number of rotatable bonds is 0. The lowest BCUT2D eigenvalue weighted by Crippen LogP contribution is -2.12. The minimum atomic E-state index is -0.578. The van der Waals surface area contributed by atoms with Gasteiger partial charge in [-0.3, -0.25) is 0 Å². The molecule has 0 aromatic heterocycles. The van der Waals surface area contributed by atoms with Crippen molar-refractivity contribution in [3.8, 4) is 0 Å². The van der Waals surface area contributed by atoms with Crippen molar-refractivity contribution in [3.05, 3.63) is 0 Å². The van der Waals surface area contributed by atoms with Gasteiger partial charge in [0.2, 0.25) is 0 Å². The fourth-order valence-electron chi connectivity index (χ4n) is 2.17. The summed E-state index contributed by atoms with van der Waals surface area (Å²) < 4.78 is 12.8. The van der Waals surface area contributed by atoms with Crippen LogP contribution in [0.5, 0.6) is 0 Å². The highest BCUT2D eigenvalue weighted by atomic mass is 35.5. The molecule has 0 aliphatic heterocycles. The van der Waals surface area contributed by atoms with E-state index in [1.165, 1.54) is 6.42 Å². The molecule has 52 valence electrons. The Morgan fingerprint density at radius 1 is 1.33 bits per heavy atom. The molecule has 2 bridgehead atoms. The monoisotopic (exact) mass is 148 g/mol. The zero-order valence-corrected chi connectivity index (χ0v) is 5.94. The van der Waals surface area contributed by atoms with Crippen LogP contribution >= 0.6 is 11.6 Å². The molecule has 2 saturated carbocycles. The molecule has 2 heteroatoms. The normalized spacial score (nSPS) is 56.7.